The lowest BCUT2D eigenvalue weighted by Gasteiger charge is -2.13. The summed E-state index contributed by atoms with van der Waals surface area (Å²) in [4.78, 5) is 12.0. The fourth-order valence-corrected chi connectivity index (χ4v) is 2.45. The Kier molecular flexibility index (Phi) is 5.41. The van der Waals surface area contributed by atoms with E-state index in [1.165, 1.54) is 4.57 Å². The van der Waals surface area contributed by atoms with E-state index in [9.17, 15) is 4.79 Å². The maximum absolute atomic E-state index is 12.0. The highest BCUT2D eigenvalue weighted by atomic mass is 35.5. The zero-order valence-electron chi connectivity index (χ0n) is 11.4. The molecular formula is C13H17Cl2N5O. The van der Waals surface area contributed by atoms with Gasteiger partial charge in [0.15, 0.2) is 5.82 Å². The quantitative estimate of drug-likeness (QED) is 0.705. The van der Waals surface area contributed by atoms with E-state index in [0.717, 1.165) is 12.8 Å². The largest absolute Gasteiger partial charge is 0.348 e. The normalized spacial score (nSPS) is 12.6. The van der Waals surface area contributed by atoms with Crippen LogP contribution in [0.25, 0.3) is 5.69 Å². The second kappa shape index (κ2) is 7.09. The Morgan fingerprint density at radius 2 is 2.10 bits per heavy atom. The lowest BCUT2D eigenvalue weighted by atomic mass is 10.1. The number of halogens is 2. The number of nitrogens with one attached hydrogen (secondary N) is 1. The monoisotopic (exact) mass is 329 g/mol. The van der Waals surface area contributed by atoms with Crippen molar-refractivity contribution in [2.24, 2.45) is 11.5 Å². The fourth-order valence-electron chi connectivity index (χ4n) is 2.09. The highest BCUT2D eigenvalue weighted by Gasteiger charge is 2.19. The SMILES string of the molecule is NCCCC[C@H](N)c1n[nH]c(=O)n1-c1cc(Cl)ccc1Cl. The number of nitrogens with two attached hydrogens (primary N) is 2. The van der Waals surface area contributed by atoms with E-state index in [4.69, 9.17) is 34.7 Å². The van der Waals surface area contributed by atoms with Crippen LogP contribution in [0.5, 0.6) is 0 Å². The van der Waals surface area contributed by atoms with Gasteiger partial charge in [-0.3, -0.25) is 0 Å². The average Bonchev–Trinajstić information content (AvgIpc) is 2.83. The smallest absolute Gasteiger partial charge is 0.330 e. The van der Waals surface area contributed by atoms with E-state index in [-0.39, 0.29) is 6.04 Å². The van der Waals surface area contributed by atoms with Gasteiger partial charge in [-0.2, -0.15) is 5.10 Å². The van der Waals surface area contributed by atoms with Crippen molar-refractivity contribution in [1.82, 2.24) is 14.8 Å². The van der Waals surface area contributed by atoms with Crippen molar-refractivity contribution in [3.8, 4) is 5.69 Å². The fraction of sp³-hybridized carbons (Fsp3) is 0.385. The van der Waals surface area contributed by atoms with E-state index in [2.05, 4.69) is 10.2 Å². The molecule has 0 saturated heterocycles. The van der Waals surface area contributed by atoms with Gasteiger partial charge in [0.25, 0.3) is 0 Å². The zero-order valence-corrected chi connectivity index (χ0v) is 12.9. The number of benzene rings is 1. The second-order valence-corrected chi connectivity index (χ2v) is 5.55. The van der Waals surface area contributed by atoms with Gasteiger partial charge in [-0.25, -0.2) is 14.5 Å². The molecule has 0 radical (unpaired) electrons. The van der Waals surface area contributed by atoms with Crippen LogP contribution in [0, 0.1) is 0 Å². The zero-order chi connectivity index (χ0) is 15.4. The third kappa shape index (κ3) is 3.65. The summed E-state index contributed by atoms with van der Waals surface area (Å²) in [7, 11) is 0. The summed E-state index contributed by atoms with van der Waals surface area (Å²) in [5.74, 6) is 0.432. The van der Waals surface area contributed by atoms with Crippen LogP contribution in [0.1, 0.15) is 31.1 Å². The predicted octanol–water partition coefficient (Wildman–Crippen LogP) is 2.00. The molecule has 0 aliphatic heterocycles. The Labute approximate surface area is 132 Å². The van der Waals surface area contributed by atoms with Crippen LogP contribution >= 0.6 is 23.2 Å². The first kappa shape index (κ1) is 16.0. The molecule has 0 aliphatic rings. The van der Waals surface area contributed by atoms with Crippen LogP contribution in [-0.2, 0) is 0 Å². The minimum Gasteiger partial charge on any atom is -0.330 e. The molecule has 0 unspecified atom stereocenters. The Balaban J connectivity index is 2.38. The van der Waals surface area contributed by atoms with Crippen molar-refractivity contribution < 1.29 is 0 Å². The Morgan fingerprint density at radius 1 is 1.33 bits per heavy atom. The first-order chi connectivity index (χ1) is 10.0. The molecule has 0 saturated carbocycles. The molecule has 6 nitrogen and oxygen atoms in total. The Hall–Kier alpha value is -1.34. The molecule has 0 spiro atoms. The summed E-state index contributed by atoms with van der Waals surface area (Å²) in [6.45, 7) is 0.611. The number of H-pyrrole nitrogens is 1. The molecule has 0 fully saturated rings. The van der Waals surface area contributed by atoms with Gasteiger partial charge in [-0.05, 0) is 37.6 Å². The highest BCUT2D eigenvalue weighted by molar-refractivity contribution is 6.34. The molecule has 1 aromatic heterocycles. The molecule has 2 rings (SSSR count). The molecular weight excluding hydrogens is 313 g/mol. The van der Waals surface area contributed by atoms with E-state index < -0.39 is 5.69 Å². The van der Waals surface area contributed by atoms with E-state index in [1.54, 1.807) is 18.2 Å². The van der Waals surface area contributed by atoms with Crippen LogP contribution in [0.4, 0.5) is 0 Å². The van der Waals surface area contributed by atoms with Crippen molar-refractivity contribution >= 4 is 23.2 Å². The topological polar surface area (TPSA) is 103 Å². The van der Waals surface area contributed by atoms with Gasteiger partial charge in [0.05, 0.1) is 16.8 Å². The standard InChI is InChI=1S/C13H17Cl2N5O/c14-8-4-5-9(15)11(7-8)20-12(18-19-13(20)21)10(17)3-1-2-6-16/h4-5,7,10H,1-3,6,16-17H2,(H,19,21)/t10-/m0/s1. The number of unbranched alkanes of at least 4 members (excludes halogenated alkanes) is 1. The molecule has 114 valence electrons. The van der Waals surface area contributed by atoms with Gasteiger partial charge in [0.2, 0.25) is 0 Å². The summed E-state index contributed by atoms with van der Waals surface area (Å²) in [5, 5.41) is 7.29. The molecule has 5 N–H and O–H groups in total. The molecule has 1 heterocycles. The number of hydrogen-bond donors (Lipinski definition) is 3. The van der Waals surface area contributed by atoms with Crippen molar-refractivity contribution in [2.45, 2.75) is 25.3 Å². The van der Waals surface area contributed by atoms with Crippen LogP contribution in [0.2, 0.25) is 10.0 Å². The summed E-state index contributed by atoms with van der Waals surface area (Å²) in [6.07, 6.45) is 2.42. The molecule has 0 amide bonds. The van der Waals surface area contributed by atoms with Gasteiger partial charge in [-0.1, -0.05) is 29.6 Å². The van der Waals surface area contributed by atoms with Crippen molar-refractivity contribution in [3.05, 3.63) is 44.6 Å². The number of nitrogens with zero attached hydrogens (tertiary/aromatic N) is 2. The van der Waals surface area contributed by atoms with E-state index in [1.807, 2.05) is 0 Å². The van der Waals surface area contributed by atoms with Crippen molar-refractivity contribution in [1.29, 1.82) is 0 Å². The summed E-state index contributed by atoms with van der Waals surface area (Å²) in [5.41, 5.74) is 11.6. The van der Waals surface area contributed by atoms with Gasteiger partial charge in [0.1, 0.15) is 0 Å². The molecule has 2 aromatic rings. The first-order valence-electron chi connectivity index (χ1n) is 6.63. The van der Waals surface area contributed by atoms with Gasteiger partial charge in [0, 0.05) is 5.02 Å². The molecule has 1 atom stereocenters. The Morgan fingerprint density at radius 3 is 2.81 bits per heavy atom. The summed E-state index contributed by atoms with van der Waals surface area (Å²) in [6, 6.07) is 4.50. The molecule has 1 aromatic carbocycles. The number of rotatable bonds is 6. The molecule has 0 aliphatic carbocycles. The lowest BCUT2D eigenvalue weighted by Crippen LogP contribution is -2.22. The van der Waals surface area contributed by atoms with Crippen LogP contribution < -0.4 is 17.2 Å². The van der Waals surface area contributed by atoms with Crippen LogP contribution in [0.3, 0.4) is 0 Å². The van der Waals surface area contributed by atoms with Crippen molar-refractivity contribution in [2.75, 3.05) is 6.54 Å². The Bertz CT molecular complexity index is 667. The van der Waals surface area contributed by atoms with Crippen LogP contribution in [0.15, 0.2) is 23.0 Å². The van der Waals surface area contributed by atoms with Crippen LogP contribution in [-0.4, -0.2) is 21.3 Å². The van der Waals surface area contributed by atoms with E-state index >= 15 is 0 Å². The molecule has 0 bridgehead atoms. The molecule has 21 heavy (non-hydrogen) atoms. The third-order valence-electron chi connectivity index (χ3n) is 3.15. The maximum Gasteiger partial charge on any atom is 0.348 e. The highest BCUT2D eigenvalue weighted by Crippen LogP contribution is 2.25. The number of aromatic amines is 1. The maximum atomic E-state index is 12.0. The van der Waals surface area contributed by atoms with Crippen molar-refractivity contribution in [3.63, 3.8) is 0 Å². The van der Waals surface area contributed by atoms with E-state index in [0.29, 0.717) is 34.5 Å². The third-order valence-corrected chi connectivity index (χ3v) is 3.70. The van der Waals surface area contributed by atoms with Gasteiger partial charge >= 0.3 is 5.69 Å². The summed E-state index contributed by atoms with van der Waals surface area (Å²) < 4.78 is 1.36. The summed E-state index contributed by atoms with van der Waals surface area (Å²) >= 11 is 12.1. The lowest BCUT2D eigenvalue weighted by molar-refractivity contribution is 0.557. The van der Waals surface area contributed by atoms with Gasteiger partial charge < -0.3 is 11.5 Å². The second-order valence-electron chi connectivity index (χ2n) is 4.71. The minimum absolute atomic E-state index is 0.384. The predicted molar refractivity (Wildman–Crippen MR) is 84.0 cm³/mol. The molecule has 8 heteroatoms. The first-order valence-corrected chi connectivity index (χ1v) is 7.38. The number of hydrogen-bond acceptors (Lipinski definition) is 4. The van der Waals surface area contributed by atoms with Gasteiger partial charge in [-0.15, -0.1) is 0 Å². The minimum atomic E-state index is -0.400. The number of aromatic nitrogens is 3. The average molecular weight is 330 g/mol.